The van der Waals surface area contributed by atoms with Crippen molar-refractivity contribution in [3.63, 3.8) is 0 Å². The highest BCUT2D eigenvalue weighted by atomic mass is 16.5. The van der Waals surface area contributed by atoms with Crippen LogP contribution in [0.4, 0.5) is 5.69 Å². The molecule has 0 aliphatic carbocycles. The van der Waals surface area contributed by atoms with E-state index in [0.717, 1.165) is 12.2 Å². The van der Waals surface area contributed by atoms with Crippen LogP contribution >= 0.6 is 0 Å². The first kappa shape index (κ1) is 20.7. The van der Waals surface area contributed by atoms with E-state index in [1.165, 1.54) is 0 Å². The molecular formula is C20H28N4O3. The third-order valence-corrected chi connectivity index (χ3v) is 5.16. The lowest BCUT2D eigenvalue weighted by Gasteiger charge is -2.29. The molecule has 2 atom stereocenters. The lowest BCUT2D eigenvalue weighted by atomic mass is 9.90. The predicted octanol–water partition coefficient (Wildman–Crippen LogP) is 2.15. The molecule has 2 N–H and O–H groups in total. The predicted molar refractivity (Wildman–Crippen MR) is 103 cm³/mol. The minimum absolute atomic E-state index is 0.0146. The number of hydrogen-bond acceptors (Lipinski definition) is 5. The maximum atomic E-state index is 12.6. The number of carbonyl (C=O) groups excluding carboxylic acids is 2. The van der Waals surface area contributed by atoms with E-state index in [1.54, 1.807) is 38.3 Å². The number of likely N-dealkylation sites (tertiary alicyclic amines) is 1. The molecule has 2 amide bonds. The molecule has 0 bridgehead atoms. The number of nitrogens with one attached hydrogen (secondary N) is 2. The van der Waals surface area contributed by atoms with Crippen molar-refractivity contribution < 1.29 is 14.3 Å². The molecule has 0 radical (unpaired) electrons. The van der Waals surface area contributed by atoms with Gasteiger partial charge in [0, 0.05) is 5.69 Å². The zero-order chi connectivity index (χ0) is 20.0. The molecule has 1 aromatic carbocycles. The van der Waals surface area contributed by atoms with Crippen LogP contribution in [0.2, 0.25) is 0 Å². The Balaban J connectivity index is 1.96. The molecule has 1 heterocycles. The van der Waals surface area contributed by atoms with Gasteiger partial charge in [-0.1, -0.05) is 13.8 Å². The Morgan fingerprint density at radius 3 is 2.59 bits per heavy atom. The third-order valence-electron chi connectivity index (χ3n) is 5.16. The fourth-order valence-electron chi connectivity index (χ4n) is 3.03. The Morgan fingerprint density at radius 1 is 1.37 bits per heavy atom. The number of hydrogen-bond donors (Lipinski definition) is 2. The van der Waals surface area contributed by atoms with Gasteiger partial charge in [0.05, 0.1) is 25.8 Å². The fraction of sp³-hybridized carbons (Fsp3) is 0.550. The van der Waals surface area contributed by atoms with E-state index < -0.39 is 5.54 Å². The Hall–Kier alpha value is -2.59. The molecule has 1 saturated heterocycles. The van der Waals surface area contributed by atoms with Gasteiger partial charge in [-0.15, -0.1) is 0 Å². The number of ether oxygens (including phenoxy) is 1. The highest BCUT2D eigenvalue weighted by Gasteiger charge is 2.35. The maximum Gasteiger partial charge on any atom is 0.241 e. The van der Waals surface area contributed by atoms with E-state index in [-0.39, 0.29) is 30.3 Å². The number of methoxy groups -OCH3 is 1. The van der Waals surface area contributed by atoms with E-state index in [0.29, 0.717) is 18.7 Å². The SMILES string of the molecule is COc1ccc(NC(=O)C2CCCN2CC(=O)NC(C)(C#N)C(C)C)cc1. The summed E-state index contributed by atoms with van der Waals surface area (Å²) in [6.07, 6.45) is 1.56. The lowest BCUT2D eigenvalue weighted by Crippen LogP contribution is -2.53. The van der Waals surface area contributed by atoms with Crippen molar-refractivity contribution in [1.29, 1.82) is 5.26 Å². The molecule has 0 spiro atoms. The third kappa shape index (κ3) is 5.20. The van der Waals surface area contributed by atoms with E-state index in [4.69, 9.17) is 4.74 Å². The van der Waals surface area contributed by atoms with Crippen LogP contribution in [0.1, 0.15) is 33.6 Å². The standard InChI is InChI=1S/C20H28N4O3/c1-14(2)20(3,13-21)23-18(25)12-24-11-5-6-17(24)19(26)22-15-7-9-16(27-4)10-8-15/h7-10,14,17H,5-6,11-12H2,1-4H3,(H,22,26)(H,23,25). The van der Waals surface area contributed by atoms with Crippen molar-refractivity contribution in [3.05, 3.63) is 24.3 Å². The summed E-state index contributed by atoms with van der Waals surface area (Å²) in [4.78, 5) is 26.9. The average molecular weight is 372 g/mol. The van der Waals surface area contributed by atoms with Gasteiger partial charge in [0.1, 0.15) is 11.3 Å². The summed E-state index contributed by atoms with van der Waals surface area (Å²) in [5, 5.41) is 15.1. The van der Waals surface area contributed by atoms with Gasteiger partial charge in [-0.25, -0.2) is 0 Å². The van der Waals surface area contributed by atoms with E-state index >= 15 is 0 Å². The number of nitrogens with zero attached hydrogens (tertiary/aromatic N) is 2. The Morgan fingerprint density at radius 2 is 2.04 bits per heavy atom. The molecule has 1 fully saturated rings. The van der Waals surface area contributed by atoms with Crippen LogP contribution in [0.15, 0.2) is 24.3 Å². The Kier molecular flexibility index (Phi) is 6.81. The van der Waals surface area contributed by atoms with Gasteiger partial charge in [-0.2, -0.15) is 5.26 Å². The highest BCUT2D eigenvalue weighted by Crippen LogP contribution is 2.21. The van der Waals surface area contributed by atoms with Crippen LogP contribution < -0.4 is 15.4 Å². The van der Waals surface area contributed by atoms with Gasteiger partial charge >= 0.3 is 0 Å². The smallest absolute Gasteiger partial charge is 0.241 e. The molecule has 1 aromatic rings. The molecule has 0 aromatic heterocycles. The molecule has 7 nitrogen and oxygen atoms in total. The topological polar surface area (TPSA) is 94.5 Å². The van der Waals surface area contributed by atoms with Crippen LogP contribution in [-0.2, 0) is 9.59 Å². The summed E-state index contributed by atoms with van der Waals surface area (Å²) in [5.41, 5.74) is -0.230. The molecule has 7 heteroatoms. The number of benzene rings is 1. The quantitative estimate of drug-likeness (QED) is 0.765. The van der Waals surface area contributed by atoms with Crippen LogP contribution in [0.3, 0.4) is 0 Å². The number of rotatable bonds is 7. The zero-order valence-electron chi connectivity index (χ0n) is 16.4. The second-order valence-corrected chi connectivity index (χ2v) is 7.36. The van der Waals surface area contributed by atoms with Crippen LogP contribution in [0.5, 0.6) is 5.75 Å². The van der Waals surface area contributed by atoms with Crippen LogP contribution in [0.25, 0.3) is 0 Å². The normalized spacial score (nSPS) is 19.2. The van der Waals surface area contributed by atoms with Crippen molar-refractivity contribution in [2.75, 3.05) is 25.5 Å². The average Bonchev–Trinajstić information content (AvgIpc) is 3.10. The molecule has 1 aliphatic rings. The first-order valence-corrected chi connectivity index (χ1v) is 9.20. The molecule has 2 unspecified atom stereocenters. The summed E-state index contributed by atoms with van der Waals surface area (Å²) in [5.74, 6) is 0.339. The summed E-state index contributed by atoms with van der Waals surface area (Å²) in [7, 11) is 1.59. The number of nitriles is 1. The Bertz CT molecular complexity index is 711. The molecule has 1 aliphatic heterocycles. The first-order chi connectivity index (χ1) is 12.8. The minimum atomic E-state index is -0.919. The first-order valence-electron chi connectivity index (χ1n) is 9.20. The second kappa shape index (κ2) is 8.87. The number of carbonyl (C=O) groups is 2. The largest absolute Gasteiger partial charge is 0.497 e. The monoisotopic (exact) mass is 372 g/mol. The van der Waals surface area contributed by atoms with Gasteiger partial charge in [0.15, 0.2) is 0 Å². The van der Waals surface area contributed by atoms with E-state index in [1.807, 2.05) is 18.7 Å². The van der Waals surface area contributed by atoms with E-state index in [9.17, 15) is 14.9 Å². The second-order valence-electron chi connectivity index (χ2n) is 7.36. The van der Waals surface area contributed by atoms with Crippen molar-refractivity contribution in [2.24, 2.45) is 5.92 Å². The highest BCUT2D eigenvalue weighted by molar-refractivity contribution is 5.95. The molecule has 146 valence electrons. The van der Waals surface area contributed by atoms with Gasteiger partial charge in [-0.05, 0) is 56.5 Å². The van der Waals surface area contributed by atoms with Crippen molar-refractivity contribution in [1.82, 2.24) is 10.2 Å². The summed E-state index contributed by atoms with van der Waals surface area (Å²) in [6, 6.07) is 8.94. The summed E-state index contributed by atoms with van der Waals surface area (Å²) < 4.78 is 5.11. The van der Waals surface area contributed by atoms with E-state index in [2.05, 4.69) is 16.7 Å². The fourth-order valence-corrected chi connectivity index (χ4v) is 3.03. The van der Waals surface area contributed by atoms with Gasteiger partial charge in [0.2, 0.25) is 11.8 Å². The summed E-state index contributed by atoms with van der Waals surface area (Å²) >= 11 is 0. The minimum Gasteiger partial charge on any atom is -0.497 e. The zero-order valence-corrected chi connectivity index (χ0v) is 16.4. The van der Waals surface area contributed by atoms with Crippen molar-refractivity contribution in [3.8, 4) is 11.8 Å². The van der Waals surface area contributed by atoms with Gasteiger partial charge in [-0.3, -0.25) is 14.5 Å². The molecule has 0 saturated carbocycles. The summed E-state index contributed by atoms with van der Waals surface area (Å²) in [6.45, 7) is 6.28. The van der Waals surface area contributed by atoms with Crippen LogP contribution in [-0.4, -0.2) is 48.5 Å². The molecule has 2 rings (SSSR count). The molecule has 27 heavy (non-hydrogen) atoms. The van der Waals surface area contributed by atoms with Gasteiger partial charge in [0.25, 0.3) is 0 Å². The molecular weight excluding hydrogens is 344 g/mol. The maximum absolute atomic E-state index is 12.6. The van der Waals surface area contributed by atoms with Crippen molar-refractivity contribution >= 4 is 17.5 Å². The number of anilines is 1. The number of amides is 2. The van der Waals surface area contributed by atoms with Crippen LogP contribution in [0, 0.1) is 17.2 Å². The Labute approximate surface area is 160 Å². The van der Waals surface area contributed by atoms with Gasteiger partial charge < -0.3 is 15.4 Å². The van der Waals surface area contributed by atoms with Crippen molar-refractivity contribution in [2.45, 2.75) is 45.2 Å². The lowest BCUT2D eigenvalue weighted by molar-refractivity contribution is -0.126.